The van der Waals surface area contributed by atoms with Crippen molar-refractivity contribution in [2.24, 2.45) is 0 Å². The molecular formula is C9H16F3NO2. The molecule has 0 unspecified atom stereocenters. The van der Waals surface area contributed by atoms with Gasteiger partial charge in [0.1, 0.15) is 0 Å². The lowest BCUT2D eigenvalue weighted by molar-refractivity contribution is -0.147. The zero-order valence-corrected chi connectivity index (χ0v) is 8.93. The molecule has 0 N–H and O–H groups in total. The third kappa shape index (κ3) is 8.23. The Labute approximate surface area is 87.2 Å². The first-order valence-electron chi connectivity index (χ1n) is 4.75. The van der Waals surface area contributed by atoms with Gasteiger partial charge in [-0.15, -0.1) is 0 Å². The topological polar surface area (TPSA) is 29.5 Å². The molecular weight excluding hydrogens is 211 g/mol. The van der Waals surface area contributed by atoms with Crippen molar-refractivity contribution in [3.05, 3.63) is 0 Å². The average Bonchev–Trinajstić information content (AvgIpc) is 2.13. The van der Waals surface area contributed by atoms with Gasteiger partial charge in [0, 0.05) is 6.54 Å². The number of carbonyl (C=O) groups is 1. The molecule has 0 heterocycles. The molecule has 0 saturated carbocycles. The number of rotatable bonds is 6. The minimum absolute atomic E-state index is 0.0829. The van der Waals surface area contributed by atoms with Crippen molar-refractivity contribution in [1.29, 1.82) is 0 Å². The summed E-state index contributed by atoms with van der Waals surface area (Å²) in [6.07, 6.45) is -4.37. The smallest absolute Gasteiger partial charge is 0.390 e. The highest BCUT2D eigenvalue weighted by atomic mass is 19.4. The quantitative estimate of drug-likeness (QED) is 0.648. The van der Waals surface area contributed by atoms with Gasteiger partial charge in [0.2, 0.25) is 0 Å². The molecule has 0 aliphatic carbocycles. The second-order valence-electron chi connectivity index (χ2n) is 3.22. The van der Waals surface area contributed by atoms with Crippen LogP contribution in [0.1, 0.15) is 19.8 Å². The van der Waals surface area contributed by atoms with Crippen molar-refractivity contribution >= 4 is 5.97 Å². The van der Waals surface area contributed by atoms with Gasteiger partial charge in [0.25, 0.3) is 0 Å². The maximum absolute atomic E-state index is 11.9. The third-order valence-electron chi connectivity index (χ3n) is 1.83. The predicted octanol–water partition coefficient (Wildman–Crippen LogP) is 1.82. The Hall–Kier alpha value is -0.780. The number of nitrogens with zero attached hydrogens (tertiary/aromatic N) is 1. The van der Waals surface area contributed by atoms with Crippen LogP contribution >= 0.6 is 0 Å². The van der Waals surface area contributed by atoms with Gasteiger partial charge in [-0.1, -0.05) is 6.92 Å². The Morgan fingerprint density at radius 1 is 1.33 bits per heavy atom. The van der Waals surface area contributed by atoms with Gasteiger partial charge in [-0.25, -0.2) is 0 Å². The Morgan fingerprint density at radius 3 is 2.33 bits per heavy atom. The fourth-order valence-corrected chi connectivity index (χ4v) is 1.12. The molecule has 0 saturated heterocycles. The molecule has 0 fully saturated rings. The minimum Gasteiger partial charge on any atom is -0.468 e. The first-order valence-corrected chi connectivity index (χ1v) is 4.75. The van der Waals surface area contributed by atoms with Crippen LogP contribution in [-0.4, -0.2) is 43.8 Å². The van der Waals surface area contributed by atoms with E-state index in [9.17, 15) is 18.0 Å². The molecule has 0 radical (unpaired) electrons. The van der Waals surface area contributed by atoms with Gasteiger partial charge in [-0.05, 0) is 13.0 Å². The SMILES string of the molecule is CCCN(CCC(F)(F)F)CC(=O)OC. The lowest BCUT2D eigenvalue weighted by Gasteiger charge is -2.20. The zero-order chi connectivity index (χ0) is 11.9. The third-order valence-corrected chi connectivity index (χ3v) is 1.83. The van der Waals surface area contributed by atoms with Crippen molar-refractivity contribution in [2.75, 3.05) is 26.7 Å². The van der Waals surface area contributed by atoms with Crippen LogP contribution in [0.5, 0.6) is 0 Å². The largest absolute Gasteiger partial charge is 0.468 e. The number of esters is 1. The zero-order valence-electron chi connectivity index (χ0n) is 8.93. The summed E-state index contributed by atoms with van der Waals surface area (Å²) in [5.41, 5.74) is 0. The normalized spacial score (nSPS) is 11.9. The summed E-state index contributed by atoms with van der Waals surface area (Å²) in [4.78, 5) is 12.3. The lowest BCUT2D eigenvalue weighted by Crippen LogP contribution is -2.34. The molecule has 0 spiro atoms. The van der Waals surface area contributed by atoms with Crippen molar-refractivity contribution in [3.8, 4) is 0 Å². The fourth-order valence-electron chi connectivity index (χ4n) is 1.12. The van der Waals surface area contributed by atoms with E-state index in [1.54, 1.807) is 0 Å². The highest BCUT2D eigenvalue weighted by Gasteiger charge is 2.28. The summed E-state index contributed by atoms with van der Waals surface area (Å²) < 4.78 is 40.2. The second kappa shape index (κ2) is 6.66. The molecule has 0 aromatic heterocycles. The molecule has 0 atom stereocenters. The molecule has 90 valence electrons. The van der Waals surface area contributed by atoms with Gasteiger partial charge in [0.05, 0.1) is 20.1 Å². The number of methoxy groups -OCH3 is 1. The van der Waals surface area contributed by atoms with Crippen molar-refractivity contribution in [1.82, 2.24) is 4.90 Å². The van der Waals surface area contributed by atoms with Gasteiger partial charge in [0.15, 0.2) is 0 Å². The van der Waals surface area contributed by atoms with E-state index in [0.29, 0.717) is 13.0 Å². The average molecular weight is 227 g/mol. The van der Waals surface area contributed by atoms with Gasteiger partial charge in [-0.2, -0.15) is 13.2 Å². The highest BCUT2D eigenvalue weighted by molar-refractivity contribution is 5.71. The van der Waals surface area contributed by atoms with Crippen LogP contribution in [0.4, 0.5) is 13.2 Å². The second-order valence-corrected chi connectivity index (χ2v) is 3.22. The summed E-state index contributed by atoms with van der Waals surface area (Å²) in [6, 6.07) is 0. The van der Waals surface area contributed by atoms with E-state index < -0.39 is 18.6 Å². The Balaban J connectivity index is 3.98. The maximum atomic E-state index is 11.9. The number of ether oxygens (including phenoxy) is 1. The van der Waals surface area contributed by atoms with E-state index in [1.807, 2.05) is 6.92 Å². The predicted molar refractivity (Wildman–Crippen MR) is 49.4 cm³/mol. The molecule has 0 aromatic carbocycles. The first-order chi connectivity index (χ1) is 6.89. The van der Waals surface area contributed by atoms with Gasteiger partial charge in [-0.3, -0.25) is 9.69 Å². The molecule has 0 bridgehead atoms. The summed E-state index contributed by atoms with van der Waals surface area (Å²) in [5, 5.41) is 0. The Kier molecular flexibility index (Phi) is 6.31. The fraction of sp³-hybridized carbons (Fsp3) is 0.889. The van der Waals surface area contributed by atoms with Gasteiger partial charge < -0.3 is 4.74 Å². The number of alkyl halides is 3. The number of halogens is 3. The van der Waals surface area contributed by atoms with E-state index in [2.05, 4.69) is 4.74 Å². The summed E-state index contributed by atoms with van der Waals surface area (Å²) in [5.74, 6) is -0.509. The van der Waals surface area contributed by atoms with Crippen LogP contribution in [0, 0.1) is 0 Å². The minimum atomic E-state index is -4.18. The van der Waals surface area contributed by atoms with Gasteiger partial charge >= 0.3 is 12.1 Å². The molecule has 3 nitrogen and oxygen atoms in total. The van der Waals surface area contributed by atoms with E-state index >= 15 is 0 Å². The van der Waals surface area contributed by atoms with Crippen LogP contribution in [0.25, 0.3) is 0 Å². The van der Waals surface area contributed by atoms with Crippen molar-refractivity contribution < 1.29 is 22.7 Å². The van der Waals surface area contributed by atoms with E-state index in [0.717, 1.165) is 0 Å². The van der Waals surface area contributed by atoms with E-state index in [1.165, 1.54) is 12.0 Å². The van der Waals surface area contributed by atoms with Crippen LogP contribution in [-0.2, 0) is 9.53 Å². The summed E-state index contributed by atoms with van der Waals surface area (Å²) in [6.45, 7) is 2.07. The van der Waals surface area contributed by atoms with Crippen LogP contribution in [0.3, 0.4) is 0 Å². The number of carbonyl (C=O) groups excluding carboxylic acids is 1. The summed E-state index contributed by atoms with van der Waals surface area (Å²) >= 11 is 0. The monoisotopic (exact) mass is 227 g/mol. The van der Waals surface area contributed by atoms with Crippen molar-refractivity contribution in [2.45, 2.75) is 25.9 Å². The standard InChI is InChI=1S/C9H16F3NO2/c1-3-5-13(7-8(14)15-2)6-4-9(10,11)12/h3-7H2,1-2H3. The van der Waals surface area contributed by atoms with E-state index in [4.69, 9.17) is 0 Å². The van der Waals surface area contributed by atoms with E-state index in [-0.39, 0.29) is 13.1 Å². The van der Waals surface area contributed by atoms with Crippen LogP contribution < -0.4 is 0 Å². The van der Waals surface area contributed by atoms with Crippen LogP contribution in [0.15, 0.2) is 0 Å². The molecule has 0 aliphatic rings. The molecule has 0 aliphatic heterocycles. The highest BCUT2D eigenvalue weighted by Crippen LogP contribution is 2.19. The molecule has 6 heteroatoms. The Morgan fingerprint density at radius 2 is 1.93 bits per heavy atom. The Bertz CT molecular complexity index is 194. The molecule has 0 aromatic rings. The molecule has 0 amide bonds. The molecule has 15 heavy (non-hydrogen) atoms. The number of hydrogen-bond acceptors (Lipinski definition) is 3. The van der Waals surface area contributed by atoms with Crippen molar-refractivity contribution in [3.63, 3.8) is 0 Å². The number of hydrogen-bond donors (Lipinski definition) is 0. The lowest BCUT2D eigenvalue weighted by atomic mass is 10.3. The maximum Gasteiger partial charge on any atom is 0.390 e. The molecule has 0 rings (SSSR count). The summed E-state index contributed by atoms with van der Waals surface area (Å²) in [7, 11) is 1.22. The van der Waals surface area contributed by atoms with Crippen LogP contribution in [0.2, 0.25) is 0 Å². The first kappa shape index (κ1) is 14.2.